The van der Waals surface area contributed by atoms with Gasteiger partial charge in [-0.15, -0.1) is 0 Å². The van der Waals surface area contributed by atoms with Gasteiger partial charge in [0, 0.05) is 25.3 Å². The molecule has 0 bridgehead atoms. The summed E-state index contributed by atoms with van der Waals surface area (Å²) in [5, 5.41) is 11.8. The zero-order valence-corrected chi connectivity index (χ0v) is 17.3. The summed E-state index contributed by atoms with van der Waals surface area (Å²) >= 11 is 0. The highest BCUT2D eigenvalue weighted by atomic mass is 16.5. The van der Waals surface area contributed by atoms with E-state index in [0.29, 0.717) is 32.1 Å². The van der Waals surface area contributed by atoms with E-state index in [0.717, 1.165) is 36.6 Å². The van der Waals surface area contributed by atoms with Gasteiger partial charge in [0.05, 0.1) is 6.61 Å². The lowest BCUT2D eigenvalue weighted by molar-refractivity contribution is -0.302. The van der Waals surface area contributed by atoms with E-state index in [4.69, 9.17) is 19.4 Å². The van der Waals surface area contributed by atoms with Gasteiger partial charge in [-0.25, -0.2) is 0 Å². The summed E-state index contributed by atoms with van der Waals surface area (Å²) in [5.41, 5.74) is 2.63. The SMILES string of the molecule is CC(=O)[O-].CCOCCOc1ccc(CCNC(=O)c2ncccc2CC)cc1. The fraction of sp³-hybridized carbons (Fsp3) is 0.409. The van der Waals surface area contributed by atoms with Gasteiger partial charge in [-0.3, -0.25) is 9.78 Å². The molecule has 1 N–H and O–H groups in total. The molecule has 2 aromatic rings. The van der Waals surface area contributed by atoms with E-state index >= 15 is 0 Å². The Morgan fingerprint density at radius 2 is 1.79 bits per heavy atom. The van der Waals surface area contributed by atoms with Crippen LogP contribution in [0, 0.1) is 0 Å². The lowest BCUT2D eigenvalue weighted by Gasteiger charge is -2.09. The van der Waals surface area contributed by atoms with Gasteiger partial charge in [0.2, 0.25) is 0 Å². The van der Waals surface area contributed by atoms with Crippen molar-refractivity contribution in [3.63, 3.8) is 0 Å². The molecular weight excluding hydrogens is 372 g/mol. The van der Waals surface area contributed by atoms with Gasteiger partial charge in [-0.05, 0) is 56.0 Å². The number of aromatic nitrogens is 1. The van der Waals surface area contributed by atoms with Crippen molar-refractivity contribution in [2.24, 2.45) is 0 Å². The summed E-state index contributed by atoms with van der Waals surface area (Å²) in [7, 11) is 0. The van der Waals surface area contributed by atoms with Crippen LogP contribution in [0.25, 0.3) is 0 Å². The summed E-state index contributed by atoms with van der Waals surface area (Å²) < 4.78 is 10.8. The first-order chi connectivity index (χ1) is 14.0. The highest BCUT2D eigenvalue weighted by molar-refractivity contribution is 5.93. The topological polar surface area (TPSA) is 101 Å². The lowest BCUT2D eigenvalue weighted by atomic mass is 10.1. The van der Waals surface area contributed by atoms with Gasteiger partial charge in [0.1, 0.15) is 18.1 Å². The number of pyridine rings is 1. The summed E-state index contributed by atoms with van der Waals surface area (Å²) in [6.07, 6.45) is 3.21. The van der Waals surface area contributed by atoms with Crippen LogP contribution in [0.4, 0.5) is 0 Å². The fourth-order valence-electron chi connectivity index (χ4n) is 2.45. The van der Waals surface area contributed by atoms with E-state index in [2.05, 4.69) is 10.3 Å². The first-order valence-electron chi connectivity index (χ1n) is 9.67. The number of aliphatic carboxylic acids is 1. The molecule has 7 heteroatoms. The first-order valence-corrected chi connectivity index (χ1v) is 9.67. The average molecular weight is 401 g/mol. The molecule has 158 valence electrons. The molecule has 0 aliphatic carbocycles. The Morgan fingerprint density at radius 3 is 2.41 bits per heavy atom. The summed E-state index contributed by atoms with van der Waals surface area (Å²) in [6, 6.07) is 11.7. The number of benzene rings is 1. The van der Waals surface area contributed by atoms with E-state index in [1.807, 2.05) is 50.2 Å². The molecule has 0 spiro atoms. The molecule has 2 rings (SSSR count). The molecule has 0 atom stereocenters. The quantitative estimate of drug-likeness (QED) is 0.609. The van der Waals surface area contributed by atoms with Crippen molar-refractivity contribution in [1.29, 1.82) is 0 Å². The summed E-state index contributed by atoms with van der Waals surface area (Å²) in [5.74, 6) is -0.373. The molecule has 1 heterocycles. The smallest absolute Gasteiger partial charge is 0.270 e. The predicted octanol–water partition coefficient (Wildman–Crippen LogP) is 1.79. The van der Waals surface area contributed by atoms with Crippen LogP contribution in [-0.2, 0) is 22.4 Å². The number of carbonyl (C=O) groups is 2. The monoisotopic (exact) mass is 401 g/mol. The van der Waals surface area contributed by atoms with E-state index in [1.54, 1.807) is 6.20 Å². The molecule has 1 amide bonds. The van der Waals surface area contributed by atoms with Crippen molar-refractivity contribution in [3.8, 4) is 5.75 Å². The Kier molecular flexibility index (Phi) is 11.7. The summed E-state index contributed by atoms with van der Waals surface area (Å²) in [6.45, 7) is 7.37. The highest BCUT2D eigenvalue weighted by Gasteiger charge is 2.10. The molecule has 0 radical (unpaired) electrons. The number of nitrogens with one attached hydrogen (secondary N) is 1. The minimum absolute atomic E-state index is 0.117. The number of rotatable bonds is 10. The van der Waals surface area contributed by atoms with Gasteiger partial charge in [0.15, 0.2) is 0 Å². The number of carboxylic acid groups (broad SMARTS) is 1. The van der Waals surface area contributed by atoms with Crippen LogP contribution in [0.5, 0.6) is 5.75 Å². The zero-order chi connectivity index (χ0) is 21.5. The molecule has 0 saturated carbocycles. The number of amides is 1. The second-order valence-corrected chi connectivity index (χ2v) is 6.05. The molecular formula is C22H29N2O5-. The minimum Gasteiger partial charge on any atom is -0.550 e. The van der Waals surface area contributed by atoms with Crippen molar-refractivity contribution in [2.45, 2.75) is 33.6 Å². The minimum atomic E-state index is -1.08. The molecule has 1 aromatic carbocycles. The number of nitrogens with zero attached hydrogens (tertiary/aromatic N) is 1. The van der Waals surface area contributed by atoms with Gasteiger partial charge in [0.25, 0.3) is 5.91 Å². The predicted molar refractivity (Wildman–Crippen MR) is 109 cm³/mol. The number of carboxylic acids is 1. The van der Waals surface area contributed by atoms with Gasteiger partial charge >= 0.3 is 0 Å². The standard InChI is InChI=1S/C20H26N2O3.C2H4O2/c1-3-17-6-5-12-21-19(17)20(23)22-13-11-16-7-9-18(10-8-16)25-15-14-24-4-2;1-2(3)4/h5-10,12H,3-4,11,13-15H2,1-2H3,(H,22,23);1H3,(H,3,4)/p-1. The Bertz CT molecular complexity index is 743. The van der Waals surface area contributed by atoms with Crippen LogP contribution in [0.3, 0.4) is 0 Å². The van der Waals surface area contributed by atoms with Crippen molar-refractivity contribution in [1.82, 2.24) is 10.3 Å². The second-order valence-electron chi connectivity index (χ2n) is 6.05. The van der Waals surface area contributed by atoms with Gasteiger partial charge in [-0.1, -0.05) is 25.1 Å². The van der Waals surface area contributed by atoms with Crippen LogP contribution in [0.2, 0.25) is 0 Å². The fourth-order valence-corrected chi connectivity index (χ4v) is 2.45. The van der Waals surface area contributed by atoms with Crippen molar-refractivity contribution in [2.75, 3.05) is 26.4 Å². The first kappa shape index (κ1) is 24.1. The third-order valence-electron chi connectivity index (χ3n) is 3.81. The number of ether oxygens (including phenoxy) is 2. The largest absolute Gasteiger partial charge is 0.550 e. The van der Waals surface area contributed by atoms with Crippen LogP contribution in [0.15, 0.2) is 42.6 Å². The molecule has 0 saturated heterocycles. The van der Waals surface area contributed by atoms with Crippen molar-refractivity contribution in [3.05, 3.63) is 59.4 Å². The maximum Gasteiger partial charge on any atom is 0.270 e. The van der Waals surface area contributed by atoms with Crippen LogP contribution < -0.4 is 15.2 Å². The van der Waals surface area contributed by atoms with E-state index in [9.17, 15) is 4.79 Å². The molecule has 29 heavy (non-hydrogen) atoms. The molecule has 7 nitrogen and oxygen atoms in total. The van der Waals surface area contributed by atoms with E-state index in [-0.39, 0.29) is 5.91 Å². The van der Waals surface area contributed by atoms with Crippen molar-refractivity contribution >= 4 is 11.9 Å². The average Bonchev–Trinajstić information content (AvgIpc) is 2.71. The van der Waals surface area contributed by atoms with Crippen LogP contribution in [-0.4, -0.2) is 43.2 Å². The maximum atomic E-state index is 12.2. The third-order valence-corrected chi connectivity index (χ3v) is 3.81. The Morgan fingerprint density at radius 1 is 1.10 bits per heavy atom. The molecule has 1 aromatic heterocycles. The van der Waals surface area contributed by atoms with Gasteiger partial charge < -0.3 is 24.7 Å². The molecule has 0 fully saturated rings. The number of hydrogen-bond acceptors (Lipinski definition) is 6. The molecule has 0 aliphatic rings. The third kappa shape index (κ3) is 10.3. The Labute approximate surface area is 172 Å². The Balaban J connectivity index is 0.000000960. The van der Waals surface area contributed by atoms with E-state index < -0.39 is 5.97 Å². The number of hydrogen-bond donors (Lipinski definition) is 1. The second kappa shape index (κ2) is 14.1. The van der Waals surface area contributed by atoms with Gasteiger partial charge in [-0.2, -0.15) is 0 Å². The highest BCUT2D eigenvalue weighted by Crippen LogP contribution is 2.12. The van der Waals surface area contributed by atoms with Crippen LogP contribution in [0.1, 0.15) is 42.4 Å². The van der Waals surface area contributed by atoms with Crippen molar-refractivity contribution < 1.29 is 24.2 Å². The number of carbonyl (C=O) groups excluding carboxylic acids is 2. The number of aryl methyl sites for hydroxylation is 1. The van der Waals surface area contributed by atoms with Crippen LogP contribution >= 0.6 is 0 Å². The van der Waals surface area contributed by atoms with E-state index in [1.165, 1.54) is 0 Å². The summed E-state index contributed by atoms with van der Waals surface area (Å²) in [4.78, 5) is 25.3. The lowest BCUT2D eigenvalue weighted by Crippen LogP contribution is -2.27. The molecule has 0 aliphatic heterocycles. The maximum absolute atomic E-state index is 12.2. The molecule has 0 unspecified atom stereocenters. The zero-order valence-electron chi connectivity index (χ0n) is 17.3. The normalized spacial score (nSPS) is 9.90. The Hall–Kier alpha value is -2.93.